The van der Waals surface area contributed by atoms with Gasteiger partial charge in [0, 0.05) is 45.7 Å². The molecule has 5 N–H and O–H groups in total. The molecule has 0 spiro atoms. The van der Waals surface area contributed by atoms with Crippen molar-refractivity contribution in [2.75, 3.05) is 51.2 Å². The Morgan fingerprint density at radius 3 is 2.33 bits per heavy atom. The second-order valence-electron chi connectivity index (χ2n) is 6.56. The first-order valence-electron chi connectivity index (χ1n) is 8.87. The van der Waals surface area contributed by atoms with Crippen LogP contribution < -0.4 is 11.1 Å². The summed E-state index contributed by atoms with van der Waals surface area (Å²) in [6, 6.07) is 6.33. The van der Waals surface area contributed by atoms with E-state index in [1.807, 2.05) is 4.90 Å². The van der Waals surface area contributed by atoms with Crippen molar-refractivity contribution in [3.63, 3.8) is 0 Å². The maximum atomic E-state index is 12.3. The van der Waals surface area contributed by atoms with Crippen LogP contribution in [-0.4, -0.2) is 83.7 Å². The van der Waals surface area contributed by atoms with Gasteiger partial charge >= 0.3 is 5.97 Å². The number of carboxylic acid groups (broad SMARTS) is 1. The monoisotopic (exact) mass is 378 g/mol. The number of aliphatic carboxylic acids is 1. The minimum Gasteiger partial charge on any atom is -0.481 e. The Morgan fingerprint density at radius 2 is 1.74 bits per heavy atom. The van der Waals surface area contributed by atoms with Crippen molar-refractivity contribution in [3.05, 3.63) is 29.8 Å². The van der Waals surface area contributed by atoms with Crippen LogP contribution in [0.2, 0.25) is 0 Å². The summed E-state index contributed by atoms with van der Waals surface area (Å²) in [5.74, 6) is -3.03. The van der Waals surface area contributed by atoms with Crippen molar-refractivity contribution in [2.45, 2.75) is 6.42 Å². The fourth-order valence-electron chi connectivity index (χ4n) is 3.11. The second-order valence-corrected chi connectivity index (χ2v) is 6.56. The van der Waals surface area contributed by atoms with E-state index in [-0.39, 0.29) is 30.8 Å². The van der Waals surface area contributed by atoms with Crippen molar-refractivity contribution in [1.29, 1.82) is 0 Å². The van der Waals surface area contributed by atoms with E-state index in [0.717, 1.165) is 13.1 Å². The van der Waals surface area contributed by atoms with Crippen LogP contribution in [0.3, 0.4) is 0 Å². The Kier molecular flexibility index (Phi) is 7.71. The van der Waals surface area contributed by atoms with E-state index in [0.29, 0.717) is 19.6 Å². The SMILES string of the molecule is NC(=O)c1ccccc1NC(=O)CC(CN1CCN(CCO)CC1)C(=O)O. The molecule has 1 aliphatic heterocycles. The molecule has 9 nitrogen and oxygen atoms in total. The fraction of sp³-hybridized carbons (Fsp3) is 0.500. The Balaban J connectivity index is 1.91. The Morgan fingerprint density at radius 1 is 1.11 bits per heavy atom. The van der Waals surface area contributed by atoms with Crippen LogP contribution in [0.15, 0.2) is 24.3 Å². The summed E-state index contributed by atoms with van der Waals surface area (Å²) in [7, 11) is 0. The molecule has 2 rings (SSSR count). The fourth-order valence-corrected chi connectivity index (χ4v) is 3.11. The highest BCUT2D eigenvalue weighted by Crippen LogP contribution is 2.16. The lowest BCUT2D eigenvalue weighted by molar-refractivity contribution is -0.144. The van der Waals surface area contributed by atoms with Gasteiger partial charge in [0.25, 0.3) is 5.91 Å². The molecular formula is C18H26N4O5. The molecule has 1 aromatic carbocycles. The molecular weight excluding hydrogens is 352 g/mol. The quantitative estimate of drug-likeness (QED) is 0.451. The number of nitrogens with one attached hydrogen (secondary N) is 1. The Labute approximate surface area is 157 Å². The zero-order valence-corrected chi connectivity index (χ0v) is 15.1. The number of anilines is 1. The molecule has 0 aliphatic carbocycles. The first-order valence-corrected chi connectivity index (χ1v) is 8.87. The first kappa shape index (κ1) is 20.8. The average molecular weight is 378 g/mol. The van der Waals surface area contributed by atoms with Crippen molar-refractivity contribution >= 4 is 23.5 Å². The van der Waals surface area contributed by atoms with Crippen LogP contribution >= 0.6 is 0 Å². The highest BCUT2D eigenvalue weighted by Gasteiger charge is 2.26. The molecule has 1 aromatic rings. The number of hydrogen-bond donors (Lipinski definition) is 4. The summed E-state index contributed by atoms with van der Waals surface area (Å²) in [5.41, 5.74) is 5.74. The number of benzene rings is 1. The van der Waals surface area contributed by atoms with E-state index in [1.165, 1.54) is 6.07 Å². The van der Waals surface area contributed by atoms with Gasteiger partial charge < -0.3 is 21.3 Å². The average Bonchev–Trinajstić information content (AvgIpc) is 2.63. The van der Waals surface area contributed by atoms with Gasteiger partial charge in [0.15, 0.2) is 0 Å². The number of rotatable bonds is 9. The van der Waals surface area contributed by atoms with E-state index in [4.69, 9.17) is 10.8 Å². The van der Waals surface area contributed by atoms with Crippen LogP contribution in [0, 0.1) is 5.92 Å². The van der Waals surface area contributed by atoms with E-state index in [1.54, 1.807) is 18.2 Å². The highest BCUT2D eigenvalue weighted by molar-refractivity contribution is 6.03. The molecule has 0 aromatic heterocycles. The first-order chi connectivity index (χ1) is 12.9. The van der Waals surface area contributed by atoms with E-state index in [9.17, 15) is 19.5 Å². The number of carbonyl (C=O) groups excluding carboxylic acids is 2. The molecule has 1 atom stereocenters. The van der Waals surface area contributed by atoms with Gasteiger partial charge in [-0.15, -0.1) is 0 Å². The van der Waals surface area contributed by atoms with Crippen LogP contribution in [0.25, 0.3) is 0 Å². The lowest BCUT2D eigenvalue weighted by Gasteiger charge is -2.35. The van der Waals surface area contributed by atoms with Crippen molar-refractivity contribution in [1.82, 2.24) is 9.80 Å². The zero-order valence-electron chi connectivity index (χ0n) is 15.1. The minimum atomic E-state index is -1.04. The number of nitrogens with two attached hydrogens (primary N) is 1. The van der Waals surface area contributed by atoms with E-state index in [2.05, 4.69) is 10.2 Å². The van der Waals surface area contributed by atoms with Gasteiger partial charge in [-0.1, -0.05) is 12.1 Å². The molecule has 1 heterocycles. The number of amides is 2. The largest absolute Gasteiger partial charge is 0.481 e. The third-order valence-corrected chi connectivity index (χ3v) is 4.61. The Bertz CT molecular complexity index is 673. The van der Waals surface area contributed by atoms with Crippen LogP contribution in [0.5, 0.6) is 0 Å². The standard InChI is InChI=1S/C18H26N4O5/c19-17(25)14-3-1-2-4-15(14)20-16(24)11-13(18(26)27)12-22-7-5-21(6-8-22)9-10-23/h1-4,13,23H,5-12H2,(H2,19,25)(H,20,24)(H,26,27). The van der Waals surface area contributed by atoms with Gasteiger partial charge in [-0.2, -0.15) is 0 Å². The molecule has 0 saturated carbocycles. The molecule has 1 unspecified atom stereocenters. The van der Waals surface area contributed by atoms with Crippen molar-refractivity contribution < 1.29 is 24.6 Å². The molecule has 2 amide bonds. The summed E-state index contributed by atoms with van der Waals surface area (Å²) in [6.07, 6.45) is -0.195. The summed E-state index contributed by atoms with van der Waals surface area (Å²) < 4.78 is 0. The number of aliphatic hydroxyl groups excluding tert-OH is 1. The third-order valence-electron chi connectivity index (χ3n) is 4.61. The van der Waals surface area contributed by atoms with Crippen LogP contribution in [-0.2, 0) is 9.59 Å². The summed E-state index contributed by atoms with van der Waals surface area (Å²) in [5, 5.41) is 21.0. The summed E-state index contributed by atoms with van der Waals surface area (Å²) >= 11 is 0. The number of nitrogens with zero attached hydrogens (tertiary/aromatic N) is 2. The maximum absolute atomic E-state index is 12.3. The van der Waals surface area contributed by atoms with Gasteiger partial charge in [0.05, 0.1) is 23.8 Å². The zero-order chi connectivity index (χ0) is 19.8. The smallest absolute Gasteiger partial charge is 0.308 e. The van der Waals surface area contributed by atoms with Crippen molar-refractivity contribution in [2.24, 2.45) is 11.7 Å². The summed E-state index contributed by atoms with van der Waals surface area (Å²) in [4.78, 5) is 39.4. The number of carboxylic acids is 1. The van der Waals surface area contributed by atoms with E-state index < -0.39 is 23.7 Å². The number of hydrogen-bond acceptors (Lipinski definition) is 6. The number of primary amides is 1. The van der Waals surface area contributed by atoms with Crippen LogP contribution in [0.4, 0.5) is 5.69 Å². The lowest BCUT2D eigenvalue weighted by atomic mass is 10.0. The van der Waals surface area contributed by atoms with Crippen molar-refractivity contribution in [3.8, 4) is 0 Å². The predicted octanol–water partition coefficient (Wildman–Crippen LogP) is -0.575. The maximum Gasteiger partial charge on any atom is 0.308 e. The minimum absolute atomic E-state index is 0.102. The van der Waals surface area contributed by atoms with Gasteiger partial charge in [0.1, 0.15) is 0 Å². The highest BCUT2D eigenvalue weighted by atomic mass is 16.4. The number of para-hydroxylation sites is 1. The molecule has 0 radical (unpaired) electrons. The molecule has 1 aliphatic rings. The molecule has 1 saturated heterocycles. The third kappa shape index (κ3) is 6.31. The Hall–Kier alpha value is -2.49. The number of β-amino-alcohol motifs (C(OH)–C–C–N with tert-alkyl or cyclic N) is 1. The summed E-state index contributed by atoms with van der Waals surface area (Å²) in [6.45, 7) is 3.87. The molecule has 9 heteroatoms. The lowest BCUT2D eigenvalue weighted by Crippen LogP contribution is -2.49. The number of piperazine rings is 1. The number of carbonyl (C=O) groups is 3. The molecule has 0 bridgehead atoms. The van der Waals surface area contributed by atoms with Gasteiger partial charge in [0.2, 0.25) is 5.91 Å². The van der Waals surface area contributed by atoms with E-state index >= 15 is 0 Å². The second kappa shape index (κ2) is 10.0. The predicted molar refractivity (Wildman–Crippen MR) is 99.3 cm³/mol. The molecule has 27 heavy (non-hydrogen) atoms. The van der Waals surface area contributed by atoms with Gasteiger partial charge in [-0.05, 0) is 12.1 Å². The topological polar surface area (TPSA) is 136 Å². The molecule has 1 fully saturated rings. The number of aliphatic hydroxyl groups is 1. The van der Waals surface area contributed by atoms with Crippen LogP contribution in [0.1, 0.15) is 16.8 Å². The normalized spacial score (nSPS) is 16.6. The van der Waals surface area contributed by atoms with Gasteiger partial charge in [-0.3, -0.25) is 24.2 Å². The molecule has 148 valence electrons. The van der Waals surface area contributed by atoms with Gasteiger partial charge in [-0.25, -0.2) is 0 Å².